The van der Waals surface area contributed by atoms with E-state index in [0.29, 0.717) is 10.8 Å². The smallest absolute Gasteiger partial charge is 0.206 e. The van der Waals surface area contributed by atoms with E-state index < -0.39 is 15.4 Å². The molecule has 1 saturated heterocycles. The Balaban J connectivity index is 1.77. The lowest BCUT2D eigenvalue weighted by atomic mass is 9.94. The number of hydrogen-bond acceptors (Lipinski definition) is 4. The van der Waals surface area contributed by atoms with Crippen molar-refractivity contribution in [1.29, 1.82) is 0 Å². The number of epoxide rings is 1. The first-order valence-electron chi connectivity index (χ1n) is 7.28. The first-order valence-corrected chi connectivity index (χ1v) is 9.14. The molecule has 0 bridgehead atoms. The minimum absolute atomic E-state index is 0.0246. The van der Waals surface area contributed by atoms with Gasteiger partial charge in [-0.2, -0.15) is 0 Å². The molecule has 2 atom stereocenters. The molecule has 2 aromatic carbocycles. The van der Waals surface area contributed by atoms with Crippen molar-refractivity contribution in [2.75, 3.05) is 0 Å². The van der Waals surface area contributed by atoms with Crippen LogP contribution in [0.5, 0.6) is 5.75 Å². The molecule has 4 rings (SSSR count). The fraction of sp³-hybridized carbons (Fsp3) is 0.294. The highest BCUT2D eigenvalue weighted by Crippen LogP contribution is 2.54. The normalized spacial score (nSPS) is 24.3. The Morgan fingerprint density at radius 1 is 1.04 bits per heavy atom. The summed E-state index contributed by atoms with van der Waals surface area (Å²) in [6, 6.07) is 11.1. The number of sulfone groups is 1. The van der Waals surface area contributed by atoms with E-state index in [1.807, 2.05) is 13.8 Å². The Morgan fingerprint density at radius 2 is 1.70 bits per heavy atom. The Hall–Kier alpha value is -1.56. The van der Waals surface area contributed by atoms with Crippen LogP contribution in [-0.4, -0.2) is 20.1 Å². The van der Waals surface area contributed by atoms with Gasteiger partial charge in [0.25, 0.3) is 0 Å². The van der Waals surface area contributed by atoms with Crippen molar-refractivity contribution in [3.63, 3.8) is 0 Å². The van der Waals surface area contributed by atoms with Gasteiger partial charge in [0.2, 0.25) is 9.84 Å². The molecule has 0 amide bonds. The number of halogens is 1. The van der Waals surface area contributed by atoms with E-state index in [0.717, 1.165) is 5.56 Å². The lowest BCUT2D eigenvalue weighted by Crippen LogP contribution is -2.37. The SMILES string of the molecule is CC1(C)Oc2ccc(S(=O)(=O)c3ccc(Cl)cc3)cc2[C@@H]2O[C@@H]21. The molecule has 4 nitrogen and oxygen atoms in total. The highest BCUT2D eigenvalue weighted by atomic mass is 35.5. The fourth-order valence-electron chi connectivity index (χ4n) is 2.98. The third kappa shape index (κ3) is 2.35. The van der Waals surface area contributed by atoms with Gasteiger partial charge in [-0.15, -0.1) is 0 Å². The fourth-order valence-corrected chi connectivity index (χ4v) is 4.40. The number of rotatable bonds is 2. The second-order valence-corrected chi connectivity index (χ2v) is 8.73. The van der Waals surface area contributed by atoms with Gasteiger partial charge in [0, 0.05) is 10.6 Å². The lowest BCUT2D eigenvalue weighted by molar-refractivity contribution is 0.0724. The monoisotopic (exact) mass is 350 g/mol. The second kappa shape index (κ2) is 4.72. The Labute approximate surface area is 139 Å². The summed E-state index contributed by atoms with van der Waals surface area (Å²) < 4.78 is 37.1. The average Bonchev–Trinajstić information content (AvgIpc) is 3.29. The number of fused-ring (bicyclic) bond motifs is 3. The second-order valence-electron chi connectivity index (χ2n) is 6.34. The van der Waals surface area contributed by atoms with Gasteiger partial charge in [0.15, 0.2) is 0 Å². The predicted molar refractivity (Wildman–Crippen MR) is 85.7 cm³/mol. The highest BCUT2D eigenvalue weighted by molar-refractivity contribution is 7.91. The maximum Gasteiger partial charge on any atom is 0.206 e. The quantitative estimate of drug-likeness (QED) is 0.773. The summed E-state index contributed by atoms with van der Waals surface area (Å²) in [6.07, 6.45) is -0.113. The van der Waals surface area contributed by atoms with Crippen molar-refractivity contribution in [3.8, 4) is 5.75 Å². The van der Waals surface area contributed by atoms with Crippen molar-refractivity contribution in [3.05, 3.63) is 53.1 Å². The largest absolute Gasteiger partial charge is 0.485 e. The Bertz CT molecular complexity index is 887. The highest BCUT2D eigenvalue weighted by Gasteiger charge is 2.56. The molecule has 0 saturated carbocycles. The zero-order chi connectivity index (χ0) is 16.4. The van der Waals surface area contributed by atoms with Gasteiger partial charge in [0.05, 0.1) is 9.79 Å². The van der Waals surface area contributed by atoms with Crippen LogP contribution in [0.3, 0.4) is 0 Å². The molecule has 2 heterocycles. The number of ether oxygens (including phenoxy) is 2. The van der Waals surface area contributed by atoms with Crippen LogP contribution in [0.15, 0.2) is 52.3 Å². The summed E-state index contributed by atoms with van der Waals surface area (Å²) in [5.41, 5.74) is 0.401. The molecule has 0 aliphatic carbocycles. The predicted octanol–water partition coefficient (Wildman–Crippen LogP) is 3.78. The van der Waals surface area contributed by atoms with Crippen LogP contribution >= 0.6 is 11.6 Å². The van der Waals surface area contributed by atoms with E-state index in [-0.39, 0.29) is 22.0 Å². The van der Waals surface area contributed by atoms with E-state index in [1.165, 1.54) is 12.1 Å². The summed E-state index contributed by atoms with van der Waals surface area (Å²) in [5, 5.41) is 0.499. The average molecular weight is 351 g/mol. The third-order valence-corrected chi connectivity index (χ3v) is 6.29. The molecule has 1 fully saturated rings. The first-order chi connectivity index (χ1) is 10.8. The summed E-state index contributed by atoms with van der Waals surface area (Å²) in [7, 11) is -3.59. The molecule has 0 spiro atoms. The van der Waals surface area contributed by atoms with Gasteiger partial charge in [-0.1, -0.05) is 11.6 Å². The third-order valence-electron chi connectivity index (χ3n) is 4.27. The van der Waals surface area contributed by atoms with Crippen molar-refractivity contribution in [2.24, 2.45) is 0 Å². The van der Waals surface area contributed by atoms with Crippen LogP contribution < -0.4 is 4.74 Å². The molecular weight excluding hydrogens is 336 g/mol. The molecule has 6 heteroatoms. The first kappa shape index (κ1) is 15.0. The molecule has 0 aromatic heterocycles. The van der Waals surface area contributed by atoms with Crippen molar-refractivity contribution < 1.29 is 17.9 Å². The summed E-state index contributed by atoms with van der Waals surface area (Å²) >= 11 is 5.83. The number of hydrogen-bond donors (Lipinski definition) is 0. The van der Waals surface area contributed by atoms with Gasteiger partial charge in [-0.05, 0) is 56.3 Å². The van der Waals surface area contributed by atoms with Crippen molar-refractivity contribution >= 4 is 21.4 Å². The van der Waals surface area contributed by atoms with Crippen LogP contribution in [0.1, 0.15) is 25.5 Å². The zero-order valence-electron chi connectivity index (χ0n) is 12.6. The summed E-state index contributed by atoms with van der Waals surface area (Å²) in [6.45, 7) is 3.94. The van der Waals surface area contributed by atoms with Gasteiger partial charge >= 0.3 is 0 Å². The topological polar surface area (TPSA) is 55.9 Å². The van der Waals surface area contributed by atoms with Crippen LogP contribution in [0.2, 0.25) is 5.02 Å². The molecule has 120 valence electrons. The van der Waals surface area contributed by atoms with E-state index in [9.17, 15) is 8.42 Å². The zero-order valence-corrected chi connectivity index (χ0v) is 14.2. The molecule has 0 N–H and O–H groups in total. The Kier molecular flexibility index (Phi) is 3.08. The van der Waals surface area contributed by atoms with E-state index in [4.69, 9.17) is 21.1 Å². The van der Waals surface area contributed by atoms with Gasteiger partial charge < -0.3 is 9.47 Å². The van der Waals surface area contributed by atoms with Crippen LogP contribution in [-0.2, 0) is 14.6 Å². The molecule has 2 aliphatic heterocycles. The minimum atomic E-state index is -3.59. The van der Waals surface area contributed by atoms with Crippen molar-refractivity contribution in [1.82, 2.24) is 0 Å². The standard InChI is InChI=1S/C17H15ClO4S/c1-17(2)16-15(21-16)13-9-12(7-8-14(13)22-17)23(19,20)11-5-3-10(18)4-6-11/h3-9,15-16H,1-2H3/t15-,16-/m0/s1. The van der Waals surface area contributed by atoms with Crippen LogP contribution in [0.25, 0.3) is 0 Å². The lowest BCUT2D eigenvalue weighted by Gasteiger charge is -2.29. The van der Waals surface area contributed by atoms with Gasteiger partial charge in [-0.3, -0.25) is 0 Å². The van der Waals surface area contributed by atoms with Gasteiger partial charge in [-0.25, -0.2) is 8.42 Å². The van der Waals surface area contributed by atoms with Gasteiger partial charge in [0.1, 0.15) is 23.6 Å². The van der Waals surface area contributed by atoms with Crippen molar-refractivity contribution in [2.45, 2.75) is 41.4 Å². The van der Waals surface area contributed by atoms with E-state index >= 15 is 0 Å². The maximum absolute atomic E-state index is 12.8. The minimum Gasteiger partial charge on any atom is -0.485 e. The molecule has 0 unspecified atom stereocenters. The number of benzene rings is 2. The summed E-state index contributed by atoms with van der Waals surface area (Å²) in [4.78, 5) is 0.448. The molecular formula is C17H15ClO4S. The Morgan fingerprint density at radius 3 is 2.39 bits per heavy atom. The van der Waals surface area contributed by atoms with Crippen LogP contribution in [0, 0.1) is 0 Å². The molecule has 2 aliphatic rings. The molecule has 23 heavy (non-hydrogen) atoms. The van der Waals surface area contributed by atoms with E-state index in [2.05, 4.69) is 0 Å². The van der Waals surface area contributed by atoms with E-state index in [1.54, 1.807) is 30.3 Å². The maximum atomic E-state index is 12.8. The summed E-state index contributed by atoms with van der Waals surface area (Å²) in [5.74, 6) is 0.684. The molecule has 2 aromatic rings. The molecule has 0 radical (unpaired) electrons. The van der Waals surface area contributed by atoms with Crippen LogP contribution in [0.4, 0.5) is 0 Å².